The van der Waals surface area contributed by atoms with Gasteiger partial charge in [-0.3, -0.25) is 13.9 Å². The number of aliphatic hydroxyl groups is 2. The molecule has 140 valence electrons. The fourth-order valence-electron chi connectivity index (χ4n) is 2.22. The van der Waals surface area contributed by atoms with E-state index in [9.17, 15) is 19.5 Å². The molecule has 0 bridgehead atoms. The SMILES string of the molecule is Cn1c(=O)c2c(ncn2CC(O)CO)n(C)c1=O.O=C(O)c1cccs1. The molecule has 0 spiro atoms. The number of fused-ring (bicyclic) bond motifs is 1. The van der Waals surface area contributed by atoms with Crippen LogP contribution in [0.25, 0.3) is 11.2 Å². The standard InChI is InChI=1S/C10H14N4O4.C5H4O2S/c1-12-8-7(9(17)13(2)10(12)18)14(5-11-8)3-6(16)4-15;6-5(7)4-2-1-3-8-4/h5-6,15-16H,3-4H2,1-2H3;1-3H,(H,6,7). The summed E-state index contributed by atoms with van der Waals surface area (Å²) < 4.78 is 3.67. The molecule has 0 aromatic carbocycles. The van der Waals surface area contributed by atoms with Crippen LogP contribution in [0, 0.1) is 0 Å². The van der Waals surface area contributed by atoms with Crippen LogP contribution in [0.15, 0.2) is 33.4 Å². The smallest absolute Gasteiger partial charge is 0.345 e. The van der Waals surface area contributed by atoms with Crippen molar-refractivity contribution in [2.24, 2.45) is 14.1 Å². The molecule has 1 unspecified atom stereocenters. The van der Waals surface area contributed by atoms with Gasteiger partial charge in [0.05, 0.1) is 25.6 Å². The number of aryl methyl sites for hydroxylation is 1. The van der Waals surface area contributed by atoms with Gasteiger partial charge in [0.15, 0.2) is 11.2 Å². The first-order chi connectivity index (χ1) is 12.3. The van der Waals surface area contributed by atoms with Crippen LogP contribution in [0.4, 0.5) is 0 Å². The van der Waals surface area contributed by atoms with Crippen molar-refractivity contribution < 1.29 is 20.1 Å². The Labute approximate surface area is 150 Å². The molecule has 0 saturated carbocycles. The van der Waals surface area contributed by atoms with Crippen LogP contribution >= 0.6 is 11.3 Å². The summed E-state index contributed by atoms with van der Waals surface area (Å²) in [7, 11) is 2.90. The number of nitrogens with zero attached hydrogens (tertiary/aromatic N) is 4. The number of imidazole rings is 1. The van der Waals surface area contributed by atoms with Gasteiger partial charge >= 0.3 is 11.7 Å². The third-order valence-electron chi connectivity index (χ3n) is 3.57. The lowest BCUT2D eigenvalue weighted by molar-refractivity contribution is 0.0702. The third kappa shape index (κ3) is 3.90. The summed E-state index contributed by atoms with van der Waals surface area (Å²) in [5.74, 6) is -0.847. The maximum Gasteiger partial charge on any atom is 0.345 e. The van der Waals surface area contributed by atoms with Crippen LogP contribution < -0.4 is 11.2 Å². The molecule has 0 amide bonds. The van der Waals surface area contributed by atoms with Crippen molar-refractivity contribution in [2.75, 3.05) is 6.61 Å². The van der Waals surface area contributed by atoms with E-state index in [1.54, 1.807) is 17.5 Å². The zero-order chi connectivity index (χ0) is 19.4. The number of carboxylic acid groups (broad SMARTS) is 1. The zero-order valence-corrected chi connectivity index (χ0v) is 14.9. The van der Waals surface area contributed by atoms with Crippen molar-refractivity contribution in [3.8, 4) is 0 Å². The number of carbonyl (C=O) groups is 1. The van der Waals surface area contributed by atoms with Gasteiger partial charge in [-0.25, -0.2) is 14.6 Å². The van der Waals surface area contributed by atoms with E-state index >= 15 is 0 Å². The highest BCUT2D eigenvalue weighted by Gasteiger charge is 2.15. The number of aliphatic hydroxyl groups excluding tert-OH is 2. The van der Waals surface area contributed by atoms with E-state index in [-0.39, 0.29) is 17.7 Å². The highest BCUT2D eigenvalue weighted by molar-refractivity contribution is 7.11. The molecule has 0 fully saturated rings. The fourth-order valence-corrected chi connectivity index (χ4v) is 2.78. The first kappa shape index (κ1) is 19.6. The Hall–Kier alpha value is -2.76. The fraction of sp³-hybridized carbons (Fsp3) is 0.333. The van der Waals surface area contributed by atoms with Gasteiger partial charge in [0.25, 0.3) is 5.56 Å². The van der Waals surface area contributed by atoms with Gasteiger partial charge in [-0.2, -0.15) is 0 Å². The normalized spacial score (nSPS) is 11.8. The number of thiophene rings is 1. The summed E-state index contributed by atoms with van der Waals surface area (Å²) in [6.07, 6.45) is 0.383. The predicted octanol–water partition coefficient (Wildman–Crippen LogP) is -0.767. The molecule has 1 atom stereocenters. The molecule has 3 N–H and O–H groups in total. The molecule has 0 aliphatic carbocycles. The van der Waals surface area contributed by atoms with E-state index in [0.29, 0.717) is 4.88 Å². The van der Waals surface area contributed by atoms with Crippen molar-refractivity contribution in [1.82, 2.24) is 18.7 Å². The summed E-state index contributed by atoms with van der Waals surface area (Å²) in [4.78, 5) is 38.1. The minimum atomic E-state index is -0.982. The molecule has 0 saturated heterocycles. The Kier molecular flexibility index (Phi) is 6.08. The lowest BCUT2D eigenvalue weighted by Crippen LogP contribution is -2.38. The van der Waals surface area contributed by atoms with Crippen molar-refractivity contribution >= 4 is 28.5 Å². The van der Waals surface area contributed by atoms with Crippen molar-refractivity contribution in [2.45, 2.75) is 12.6 Å². The Morgan fingerprint density at radius 1 is 1.31 bits per heavy atom. The van der Waals surface area contributed by atoms with Crippen LogP contribution in [-0.4, -0.2) is 52.7 Å². The highest BCUT2D eigenvalue weighted by Crippen LogP contribution is 2.07. The van der Waals surface area contributed by atoms with Gasteiger partial charge in [-0.15, -0.1) is 11.3 Å². The molecule has 0 aliphatic rings. The summed E-state index contributed by atoms with van der Waals surface area (Å²) >= 11 is 1.23. The van der Waals surface area contributed by atoms with Crippen molar-refractivity contribution in [1.29, 1.82) is 0 Å². The molecule has 3 heterocycles. The molecule has 3 aromatic heterocycles. The summed E-state index contributed by atoms with van der Waals surface area (Å²) in [6, 6.07) is 3.29. The molecular formula is C15H18N4O6S. The van der Waals surface area contributed by atoms with Gasteiger partial charge in [0.1, 0.15) is 4.88 Å². The number of aromatic carboxylic acids is 1. The van der Waals surface area contributed by atoms with E-state index < -0.39 is 29.9 Å². The Morgan fingerprint density at radius 3 is 2.50 bits per heavy atom. The van der Waals surface area contributed by atoms with Gasteiger partial charge in [0.2, 0.25) is 0 Å². The number of aromatic nitrogens is 4. The summed E-state index contributed by atoms with van der Waals surface area (Å²) in [5, 5.41) is 28.2. The molecule has 3 rings (SSSR count). The predicted molar refractivity (Wildman–Crippen MR) is 94.6 cm³/mol. The van der Waals surface area contributed by atoms with E-state index in [1.165, 1.54) is 40.9 Å². The summed E-state index contributed by atoms with van der Waals surface area (Å²) in [6.45, 7) is -0.369. The second-order valence-electron chi connectivity index (χ2n) is 5.39. The highest BCUT2D eigenvalue weighted by atomic mass is 32.1. The minimum absolute atomic E-state index is 0.0421. The second-order valence-corrected chi connectivity index (χ2v) is 6.34. The molecule has 26 heavy (non-hydrogen) atoms. The minimum Gasteiger partial charge on any atom is -0.477 e. The Morgan fingerprint density at radius 2 is 2.00 bits per heavy atom. The average molecular weight is 382 g/mol. The first-order valence-corrected chi connectivity index (χ1v) is 8.32. The maximum atomic E-state index is 12.0. The van der Waals surface area contributed by atoms with Crippen LogP contribution in [0.5, 0.6) is 0 Å². The van der Waals surface area contributed by atoms with Gasteiger partial charge in [-0.1, -0.05) is 6.07 Å². The molecule has 11 heteroatoms. The molecule has 3 aromatic rings. The quantitative estimate of drug-likeness (QED) is 0.538. The second kappa shape index (κ2) is 8.08. The van der Waals surface area contributed by atoms with E-state index in [2.05, 4.69) is 4.98 Å². The number of hydrogen-bond acceptors (Lipinski definition) is 7. The Bertz CT molecular complexity index is 1020. The lowest BCUT2D eigenvalue weighted by atomic mass is 10.3. The third-order valence-corrected chi connectivity index (χ3v) is 4.43. The largest absolute Gasteiger partial charge is 0.477 e. The molecule has 10 nitrogen and oxygen atoms in total. The van der Waals surface area contributed by atoms with E-state index in [1.807, 2.05) is 0 Å². The van der Waals surface area contributed by atoms with Crippen molar-refractivity contribution in [3.05, 3.63) is 49.6 Å². The zero-order valence-electron chi connectivity index (χ0n) is 14.1. The average Bonchev–Trinajstić information content (AvgIpc) is 3.28. The Balaban J connectivity index is 0.000000254. The van der Waals surface area contributed by atoms with Gasteiger partial charge in [0, 0.05) is 14.1 Å². The molecule has 0 aliphatic heterocycles. The monoisotopic (exact) mass is 382 g/mol. The lowest BCUT2D eigenvalue weighted by Gasteiger charge is -2.09. The van der Waals surface area contributed by atoms with Gasteiger partial charge < -0.3 is 19.9 Å². The van der Waals surface area contributed by atoms with E-state index in [4.69, 9.17) is 10.2 Å². The first-order valence-electron chi connectivity index (χ1n) is 7.44. The van der Waals surface area contributed by atoms with Crippen LogP contribution in [0.3, 0.4) is 0 Å². The van der Waals surface area contributed by atoms with Crippen molar-refractivity contribution in [3.63, 3.8) is 0 Å². The van der Waals surface area contributed by atoms with E-state index in [0.717, 1.165) is 4.57 Å². The molecule has 0 radical (unpaired) electrons. The molecular weight excluding hydrogens is 364 g/mol. The number of hydrogen-bond donors (Lipinski definition) is 3. The van der Waals surface area contributed by atoms with Gasteiger partial charge in [-0.05, 0) is 11.4 Å². The number of carboxylic acids is 1. The maximum absolute atomic E-state index is 12.0. The number of rotatable bonds is 4. The topological polar surface area (TPSA) is 140 Å². The van der Waals surface area contributed by atoms with Crippen LogP contribution in [-0.2, 0) is 20.6 Å². The van der Waals surface area contributed by atoms with Crippen LogP contribution in [0.1, 0.15) is 9.67 Å². The van der Waals surface area contributed by atoms with Crippen LogP contribution in [0.2, 0.25) is 0 Å². The summed E-state index contributed by atoms with van der Waals surface area (Å²) in [5.41, 5.74) is -0.448.